The SMILES string of the molecule is O=P1(c2ccc(Br)cc2)C=CCC1. The first-order valence-electron chi connectivity index (χ1n) is 4.23. The molecule has 3 heteroatoms. The van der Waals surface area contributed by atoms with E-state index >= 15 is 0 Å². The quantitative estimate of drug-likeness (QED) is 0.705. The maximum atomic E-state index is 12.2. The molecule has 2 rings (SSSR count). The van der Waals surface area contributed by atoms with Crippen LogP contribution in [0.5, 0.6) is 0 Å². The van der Waals surface area contributed by atoms with E-state index in [0.717, 1.165) is 22.4 Å². The van der Waals surface area contributed by atoms with Gasteiger partial charge in [-0.15, -0.1) is 0 Å². The molecule has 0 aromatic heterocycles. The molecule has 1 unspecified atom stereocenters. The van der Waals surface area contributed by atoms with Crippen molar-refractivity contribution >= 4 is 28.4 Å². The third-order valence-corrected chi connectivity index (χ3v) is 5.55. The van der Waals surface area contributed by atoms with Crippen molar-refractivity contribution in [3.63, 3.8) is 0 Å². The molecule has 1 aromatic carbocycles. The van der Waals surface area contributed by atoms with Crippen molar-refractivity contribution in [1.29, 1.82) is 0 Å². The van der Waals surface area contributed by atoms with Gasteiger partial charge >= 0.3 is 0 Å². The molecule has 1 atom stereocenters. The number of halogens is 1. The van der Waals surface area contributed by atoms with Crippen molar-refractivity contribution < 1.29 is 4.57 Å². The van der Waals surface area contributed by atoms with Crippen molar-refractivity contribution in [1.82, 2.24) is 0 Å². The van der Waals surface area contributed by atoms with E-state index in [1.54, 1.807) is 0 Å². The molecule has 1 nitrogen and oxygen atoms in total. The largest absolute Gasteiger partial charge is 0.314 e. The zero-order valence-corrected chi connectivity index (χ0v) is 9.59. The molecule has 1 aliphatic heterocycles. The predicted molar refractivity (Wildman–Crippen MR) is 60.0 cm³/mol. The Labute approximate surface area is 86.4 Å². The summed E-state index contributed by atoms with van der Waals surface area (Å²) in [5, 5.41) is 0.976. The molecular formula is C10H10BrOP. The van der Waals surface area contributed by atoms with Gasteiger partial charge in [-0.25, -0.2) is 0 Å². The van der Waals surface area contributed by atoms with Crippen molar-refractivity contribution in [3.8, 4) is 0 Å². The summed E-state index contributed by atoms with van der Waals surface area (Å²) in [4.78, 5) is 0. The van der Waals surface area contributed by atoms with E-state index < -0.39 is 7.14 Å². The summed E-state index contributed by atoms with van der Waals surface area (Å²) in [5.41, 5.74) is 0. The molecule has 0 saturated carbocycles. The third kappa shape index (κ3) is 1.79. The van der Waals surface area contributed by atoms with Gasteiger partial charge in [0.25, 0.3) is 0 Å². The highest BCUT2D eigenvalue weighted by Crippen LogP contribution is 2.50. The smallest absolute Gasteiger partial charge is 0.136 e. The molecule has 0 saturated heterocycles. The first kappa shape index (κ1) is 9.23. The van der Waals surface area contributed by atoms with Crippen LogP contribution in [-0.2, 0) is 4.57 Å². The predicted octanol–water partition coefficient (Wildman–Crippen LogP) is 3.35. The molecule has 0 aliphatic carbocycles. The first-order chi connectivity index (χ1) is 6.21. The van der Waals surface area contributed by atoms with Gasteiger partial charge in [-0.3, -0.25) is 0 Å². The number of hydrogen-bond acceptors (Lipinski definition) is 1. The van der Waals surface area contributed by atoms with Crippen LogP contribution in [0.4, 0.5) is 0 Å². The van der Waals surface area contributed by atoms with Gasteiger partial charge in [0, 0.05) is 15.9 Å². The minimum Gasteiger partial charge on any atom is -0.314 e. The van der Waals surface area contributed by atoms with Crippen molar-refractivity contribution in [2.24, 2.45) is 0 Å². The highest BCUT2D eigenvalue weighted by Gasteiger charge is 2.23. The molecule has 0 N–H and O–H groups in total. The van der Waals surface area contributed by atoms with Crippen LogP contribution in [0.25, 0.3) is 0 Å². The lowest BCUT2D eigenvalue weighted by atomic mass is 10.4. The Bertz CT molecular complexity index is 380. The lowest BCUT2D eigenvalue weighted by Gasteiger charge is -2.08. The van der Waals surface area contributed by atoms with Crippen LogP contribution in [0, 0.1) is 0 Å². The number of benzene rings is 1. The Kier molecular flexibility index (Phi) is 2.44. The molecule has 0 bridgehead atoms. The Hall–Kier alpha value is -0.330. The molecule has 1 aromatic rings. The molecule has 0 radical (unpaired) electrons. The first-order valence-corrected chi connectivity index (χ1v) is 6.99. The van der Waals surface area contributed by atoms with Gasteiger partial charge in [0.1, 0.15) is 7.14 Å². The van der Waals surface area contributed by atoms with E-state index in [0.29, 0.717) is 0 Å². The average molecular weight is 257 g/mol. The Balaban J connectivity index is 2.41. The third-order valence-electron chi connectivity index (χ3n) is 2.24. The van der Waals surface area contributed by atoms with Crippen LogP contribution >= 0.6 is 23.1 Å². The maximum absolute atomic E-state index is 12.2. The maximum Gasteiger partial charge on any atom is 0.136 e. The molecule has 0 spiro atoms. The normalized spacial score (nSPS) is 26.5. The van der Waals surface area contributed by atoms with Crippen LogP contribution in [-0.4, -0.2) is 6.16 Å². The fourth-order valence-electron chi connectivity index (χ4n) is 1.49. The highest BCUT2D eigenvalue weighted by atomic mass is 79.9. The van der Waals surface area contributed by atoms with E-state index in [1.165, 1.54) is 0 Å². The number of allylic oxidation sites excluding steroid dienone is 1. The van der Waals surface area contributed by atoms with E-state index in [4.69, 9.17) is 0 Å². The summed E-state index contributed by atoms with van der Waals surface area (Å²) >= 11 is 3.36. The van der Waals surface area contributed by atoms with Crippen LogP contribution in [0.2, 0.25) is 0 Å². The molecule has 13 heavy (non-hydrogen) atoms. The summed E-state index contributed by atoms with van der Waals surface area (Å²) in [6.07, 6.45) is 3.77. The highest BCUT2D eigenvalue weighted by molar-refractivity contribution is 9.10. The standard InChI is InChI=1S/C10H10BrOP/c11-9-3-5-10(6-4-9)13(12)7-1-2-8-13/h1,3-7H,2,8H2. The second-order valence-electron chi connectivity index (χ2n) is 3.17. The van der Waals surface area contributed by atoms with Gasteiger partial charge in [0.15, 0.2) is 0 Å². The van der Waals surface area contributed by atoms with Crippen LogP contribution in [0.3, 0.4) is 0 Å². The molecule has 0 fully saturated rings. The average Bonchev–Trinajstić information content (AvgIpc) is 2.54. The van der Waals surface area contributed by atoms with Crippen molar-refractivity contribution in [2.45, 2.75) is 6.42 Å². The van der Waals surface area contributed by atoms with Gasteiger partial charge in [-0.2, -0.15) is 0 Å². The zero-order chi connectivity index (χ0) is 9.31. The van der Waals surface area contributed by atoms with Gasteiger partial charge in [0.2, 0.25) is 0 Å². The molecule has 1 heterocycles. The molecule has 0 amide bonds. The lowest BCUT2D eigenvalue weighted by molar-refractivity contribution is 0.587. The number of rotatable bonds is 1. The fraction of sp³-hybridized carbons (Fsp3) is 0.200. The minimum atomic E-state index is -2.14. The van der Waals surface area contributed by atoms with Crippen LogP contribution in [0.15, 0.2) is 40.6 Å². The summed E-state index contributed by atoms with van der Waals surface area (Å²) in [6.45, 7) is 0. The van der Waals surface area contributed by atoms with Crippen molar-refractivity contribution in [3.05, 3.63) is 40.6 Å². The van der Waals surface area contributed by atoms with Gasteiger partial charge in [-0.05, 0) is 24.4 Å². The Morgan fingerprint density at radius 2 is 1.92 bits per heavy atom. The van der Waals surface area contributed by atoms with Gasteiger partial charge in [0.05, 0.1) is 0 Å². The Morgan fingerprint density at radius 1 is 1.23 bits per heavy atom. The topological polar surface area (TPSA) is 17.1 Å². The Morgan fingerprint density at radius 3 is 2.46 bits per heavy atom. The zero-order valence-electron chi connectivity index (χ0n) is 7.11. The fourth-order valence-corrected chi connectivity index (χ4v) is 4.01. The minimum absolute atomic E-state index is 0.800. The summed E-state index contributed by atoms with van der Waals surface area (Å²) in [7, 11) is -2.14. The van der Waals surface area contributed by atoms with E-state index in [9.17, 15) is 4.57 Å². The molecular weight excluding hydrogens is 247 g/mol. The van der Waals surface area contributed by atoms with Gasteiger partial charge in [-0.1, -0.05) is 34.1 Å². The molecule has 1 aliphatic rings. The van der Waals surface area contributed by atoms with E-state index in [2.05, 4.69) is 15.9 Å². The second kappa shape index (κ2) is 3.43. The summed E-state index contributed by atoms with van der Waals surface area (Å²) < 4.78 is 13.3. The van der Waals surface area contributed by atoms with E-state index in [1.807, 2.05) is 36.2 Å². The van der Waals surface area contributed by atoms with Crippen molar-refractivity contribution in [2.75, 3.05) is 6.16 Å². The van der Waals surface area contributed by atoms with E-state index in [-0.39, 0.29) is 0 Å². The van der Waals surface area contributed by atoms with Crippen LogP contribution < -0.4 is 5.30 Å². The second-order valence-corrected chi connectivity index (χ2v) is 6.94. The summed E-state index contributed by atoms with van der Waals surface area (Å²) in [5.74, 6) is 1.89. The number of hydrogen-bond donors (Lipinski definition) is 0. The van der Waals surface area contributed by atoms with Crippen LogP contribution in [0.1, 0.15) is 6.42 Å². The molecule has 68 valence electrons. The lowest BCUT2D eigenvalue weighted by Crippen LogP contribution is -2.02. The summed E-state index contributed by atoms with van der Waals surface area (Å²) in [6, 6.07) is 7.78. The monoisotopic (exact) mass is 256 g/mol. The van der Waals surface area contributed by atoms with Gasteiger partial charge < -0.3 is 4.57 Å².